The first-order valence-electron chi connectivity index (χ1n) is 6.25. The Hall–Kier alpha value is -0.610. The predicted octanol–water partition coefficient (Wildman–Crippen LogP) is 1.05. The van der Waals surface area contributed by atoms with E-state index in [-0.39, 0.29) is 11.3 Å². The molecule has 0 aromatic heterocycles. The molecule has 0 aromatic carbocycles. The molecule has 4 nitrogen and oxygen atoms in total. The molecule has 0 radical (unpaired) electrons. The fourth-order valence-corrected chi connectivity index (χ4v) is 2.16. The Bertz CT molecular complexity index is 213. The fraction of sp³-hybridized carbons (Fsp3) is 0.917. The summed E-state index contributed by atoms with van der Waals surface area (Å²) in [6.07, 6.45) is 5.29. The molecule has 0 bridgehead atoms. The molecule has 94 valence electrons. The molecular weight excluding hydrogens is 204 g/mol. The van der Waals surface area contributed by atoms with E-state index in [1.807, 2.05) is 0 Å². The first-order chi connectivity index (χ1) is 7.69. The Morgan fingerprint density at radius 2 is 2.06 bits per heavy atom. The first-order valence-corrected chi connectivity index (χ1v) is 6.25. The molecule has 1 amide bonds. The van der Waals surface area contributed by atoms with E-state index in [4.69, 9.17) is 10.5 Å². The van der Waals surface area contributed by atoms with Gasteiger partial charge in [-0.25, -0.2) is 0 Å². The summed E-state index contributed by atoms with van der Waals surface area (Å²) < 4.78 is 5.24. The molecule has 1 rings (SSSR count). The number of nitrogens with one attached hydrogen (secondary N) is 1. The monoisotopic (exact) mass is 228 g/mol. The second-order valence-corrected chi connectivity index (χ2v) is 4.78. The zero-order chi connectivity index (χ0) is 11.9. The highest BCUT2D eigenvalue weighted by Gasteiger charge is 2.35. The maximum absolute atomic E-state index is 11.9. The van der Waals surface area contributed by atoms with Gasteiger partial charge < -0.3 is 15.8 Å². The smallest absolute Gasteiger partial charge is 0.225 e. The van der Waals surface area contributed by atoms with Crippen molar-refractivity contribution in [2.75, 3.05) is 26.3 Å². The molecule has 3 N–H and O–H groups in total. The van der Waals surface area contributed by atoms with Gasteiger partial charge >= 0.3 is 0 Å². The van der Waals surface area contributed by atoms with Crippen LogP contribution in [-0.2, 0) is 9.53 Å². The number of nitrogens with two attached hydrogens (primary N) is 1. The number of hydrogen-bond donors (Lipinski definition) is 2. The van der Waals surface area contributed by atoms with Crippen LogP contribution in [0.1, 0.15) is 39.0 Å². The Morgan fingerprint density at radius 1 is 1.38 bits per heavy atom. The lowest BCUT2D eigenvalue weighted by atomic mass is 9.88. The average molecular weight is 228 g/mol. The minimum absolute atomic E-state index is 0.113. The molecule has 4 heteroatoms. The van der Waals surface area contributed by atoms with Crippen molar-refractivity contribution in [1.82, 2.24) is 5.32 Å². The summed E-state index contributed by atoms with van der Waals surface area (Å²) in [6.45, 7) is 4.61. The molecule has 0 spiro atoms. The summed E-state index contributed by atoms with van der Waals surface area (Å²) in [5.74, 6) is 0.212. The molecule has 0 saturated heterocycles. The highest BCUT2D eigenvalue weighted by atomic mass is 16.5. The molecule has 0 unspecified atom stereocenters. The van der Waals surface area contributed by atoms with Gasteiger partial charge in [-0.1, -0.05) is 19.8 Å². The van der Waals surface area contributed by atoms with E-state index in [1.54, 1.807) is 0 Å². The minimum atomic E-state index is -0.113. The highest BCUT2D eigenvalue weighted by Crippen LogP contribution is 2.37. The van der Waals surface area contributed by atoms with Crippen LogP contribution in [0.25, 0.3) is 0 Å². The van der Waals surface area contributed by atoms with Gasteiger partial charge in [0, 0.05) is 25.1 Å². The number of carbonyl (C=O) groups excluding carboxylic acids is 1. The normalized spacial score (nSPS) is 18.6. The van der Waals surface area contributed by atoms with Gasteiger partial charge in [0.2, 0.25) is 5.91 Å². The number of hydrogen-bond acceptors (Lipinski definition) is 3. The topological polar surface area (TPSA) is 64.3 Å². The summed E-state index contributed by atoms with van der Waals surface area (Å²) in [5.41, 5.74) is 5.18. The van der Waals surface area contributed by atoms with E-state index in [1.165, 1.54) is 12.8 Å². The van der Waals surface area contributed by atoms with Crippen molar-refractivity contribution in [3.8, 4) is 0 Å². The van der Waals surface area contributed by atoms with Gasteiger partial charge in [0.05, 0.1) is 6.61 Å². The summed E-state index contributed by atoms with van der Waals surface area (Å²) in [7, 11) is 0. The third kappa shape index (κ3) is 4.10. The van der Waals surface area contributed by atoms with Gasteiger partial charge in [-0.05, 0) is 19.3 Å². The van der Waals surface area contributed by atoms with Crippen LogP contribution in [0.2, 0.25) is 0 Å². The maximum Gasteiger partial charge on any atom is 0.225 e. The van der Waals surface area contributed by atoms with E-state index in [9.17, 15) is 4.79 Å². The second-order valence-electron chi connectivity index (χ2n) is 4.78. The zero-order valence-electron chi connectivity index (χ0n) is 10.3. The van der Waals surface area contributed by atoms with Gasteiger partial charge in [-0.15, -0.1) is 0 Å². The average Bonchev–Trinajstić information content (AvgIpc) is 2.71. The summed E-state index contributed by atoms with van der Waals surface area (Å²) in [4.78, 5) is 11.9. The molecule has 1 aliphatic rings. The number of amides is 1. The van der Waals surface area contributed by atoms with E-state index in [0.717, 1.165) is 19.3 Å². The number of carbonyl (C=O) groups is 1. The SMILES string of the molecule is CC1(C(=O)NCCCOCCN)CCCC1. The van der Waals surface area contributed by atoms with Crippen LogP contribution in [0, 0.1) is 5.41 Å². The van der Waals surface area contributed by atoms with E-state index in [0.29, 0.717) is 26.3 Å². The van der Waals surface area contributed by atoms with Crippen LogP contribution in [0.15, 0.2) is 0 Å². The van der Waals surface area contributed by atoms with E-state index in [2.05, 4.69) is 12.2 Å². The molecule has 1 saturated carbocycles. The fourth-order valence-electron chi connectivity index (χ4n) is 2.16. The van der Waals surface area contributed by atoms with Crippen LogP contribution in [0.3, 0.4) is 0 Å². The molecule has 1 aliphatic carbocycles. The molecule has 0 aliphatic heterocycles. The van der Waals surface area contributed by atoms with E-state index >= 15 is 0 Å². The lowest BCUT2D eigenvalue weighted by molar-refractivity contribution is -0.129. The van der Waals surface area contributed by atoms with Crippen LogP contribution < -0.4 is 11.1 Å². The van der Waals surface area contributed by atoms with Crippen molar-refractivity contribution in [3.63, 3.8) is 0 Å². The van der Waals surface area contributed by atoms with Gasteiger partial charge in [0.25, 0.3) is 0 Å². The van der Waals surface area contributed by atoms with Gasteiger partial charge in [-0.2, -0.15) is 0 Å². The maximum atomic E-state index is 11.9. The standard InChI is InChI=1S/C12H24N2O2/c1-12(5-2-3-6-12)11(15)14-8-4-9-16-10-7-13/h2-10,13H2,1H3,(H,14,15). The molecule has 16 heavy (non-hydrogen) atoms. The molecule has 0 aromatic rings. The van der Waals surface area contributed by atoms with Crippen molar-refractivity contribution in [1.29, 1.82) is 0 Å². The van der Waals surface area contributed by atoms with Crippen LogP contribution in [0.4, 0.5) is 0 Å². The van der Waals surface area contributed by atoms with Gasteiger partial charge in [0.15, 0.2) is 0 Å². The molecule has 0 atom stereocenters. The Labute approximate surface area is 97.9 Å². The molecule has 0 heterocycles. The van der Waals surface area contributed by atoms with Crippen LogP contribution >= 0.6 is 0 Å². The van der Waals surface area contributed by atoms with Gasteiger partial charge in [0.1, 0.15) is 0 Å². The number of rotatable bonds is 7. The summed E-state index contributed by atoms with van der Waals surface area (Å²) in [6, 6.07) is 0. The highest BCUT2D eigenvalue weighted by molar-refractivity contribution is 5.82. The molecule has 1 fully saturated rings. The van der Waals surface area contributed by atoms with Crippen molar-refractivity contribution in [2.24, 2.45) is 11.1 Å². The largest absolute Gasteiger partial charge is 0.380 e. The van der Waals surface area contributed by atoms with Crippen LogP contribution in [0.5, 0.6) is 0 Å². The lowest BCUT2D eigenvalue weighted by Gasteiger charge is -2.22. The Kier molecular flexibility index (Phi) is 5.77. The second kappa shape index (κ2) is 6.86. The van der Waals surface area contributed by atoms with Crippen molar-refractivity contribution < 1.29 is 9.53 Å². The first kappa shape index (κ1) is 13.5. The lowest BCUT2D eigenvalue weighted by Crippen LogP contribution is -2.37. The van der Waals surface area contributed by atoms with Crippen molar-refractivity contribution in [2.45, 2.75) is 39.0 Å². The van der Waals surface area contributed by atoms with E-state index < -0.39 is 0 Å². The van der Waals surface area contributed by atoms with Gasteiger partial charge in [-0.3, -0.25) is 4.79 Å². The third-order valence-electron chi connectivity index (χ3n) is 3.27. The Balaban J connectivity index is 2.06. The van der Waals surface area contributed by atoms with Crippen molar-refractivity contribution >= 4 is 5.91 Å². The Morgan fingerprint density at radius 3 is 2.69 bits per heavy atom. The summed E-state index contributed by atoms with van der Waals surface area (Å²) in [5, 5.41) is 2.99. The summed E-state index contributed by atoms with van der Waals surface area (Å²) >= 11 is 0. The number of ether oxygens (including phenoxy) is 1. The molecular formula is C12H24N2O2. The van der Waals surface area contributed by atoms with Crippen molar-refractivity contribution in [3.05, 3.63) is 0 Å². The van der Waals surface area contributed by atoms with Crippen LogP contribution in [-0.4, -0.2) is 32.2 Å². The zero-order valence-corrected chi connectivity index (χ0v) is 10.3. The minimum Gasteiger partial charge on any atom is -0.380 e. The quantitative estimate of drug-likeness (QED) is 0.640. The predicted molar refractivity (Wildman–Crippen MR) is 64.1 cm³/mol. The third-order valence-corrected chi connectivity index (χ3v) is 3.27.